The molecule has 2 aromatic carbocycles. The maximum atomic E-state index is 12.5. The number of nitro benzene ring substituents is 1. The molecular formula is C16H16N2O7S. The molecule has 0 bridgehead atoms. The molecule has 138 valence electrons. The lowest BCUT2D eigenvalue weighted by atomic mass is 10.0. The van der Waals surface area contributed by atoms with Gasteiger partial charge in [0.05, 0.1) is 15.9 Å². The van der Waals surface area contributed by atoms with E-state index in [0.29, 0.717) is 0 Å². The van der Waals surface area contributed by atoms with Crippen LogP contribution in [0, 0.1) is 17.0 Å². The topological polar surface area (TPSA) is 147 Å². The van der Waals surface area contributed by atoms with E-state index in [9.17, 15) is 28.4 Å². The highest BCUT2D eigenvalue weighted by atomic mass is 32.2. The van der Waals surface area contributed by atoms with Gasteiger partial charge in [-0.1, -0.05) is 29.8 Å². The number of rotatable bonds is 7. The predicted octanol–water partition coefficient (Wildman–Crippen LogP) is 1.37. The number of carbonyl (C=O) groups is 1. The normalized spacial score (nSPS) is 13.8. The molecule has 2 rings (SSSR count). The van der Waals surface area contributed by atoms with Crippen molar-refractivity contribution in [2.24, 2.45) is 0 Å². The molecule has 0 saturated carbocycles. The number of sulfonamides is 1. The van der Waals surface area contributed by atoms with E-state index < -0.39 is 33.1 Å². The predicted molar refractivity (Wildman–Crippen MR) is 91.0 cm³/mol. The van der Waals surface area contributed by atoms with E-state index in [1.54, 1.807) is 19.1 Å². The van der Waals surface area contributed by atoms with E-state index in [1.807, 2.05) is 0 Å². The summed E-state index contributed by atoms with van der Waals surface area (Å²) in [7, 11) is -4.14. The third-order valence-electron chi connectivity index (χ3n) is 3.65. The van der Waals surface area contributed by atoms with Gasteiger partial charge in [0, 0.05) is 12.1 Å². The number of aryl methyl sites for hydroxylation is 1. The zero-order valence-electron chi connectivity index (χ0n) is 13.6. The molecule has 2 atom stereocenters. The largest absolute Gasteiger partial charge is 0.479 e. The molecule has 0 fully saturated rings. The van der Waals surface area contributed by atoms with Gasteiger partial charge in [0.1, 0.15) is 0 Å². The van der Waals surface area contributed by atoms with Gasteiger partial charge in [-0.3, -0.25) is 10.1 Å². The Bertz CT molecular complexity index is 909. The molecule has 0 aliphatic heterocycles. The summed E-state index contributed by atoms with van der Waals surface area (Å²) in [4.78, 5) is 21.1. The molecule has 26 heavy (non-hydrogen) atoms. The Morgan fingerprint density at radius 2 is 1.65 bits per heavy atom. The first-order valence-electron chi connectivity index (χ1n) is 7.36. The van der Waals surface area contributed by atoms with Crippen molar-refractivity contribution in [2.75, 3.05) is 0 Å². The Balaban J connectivity index is 2.40. The van der Waals surface area contributed by atoms with Crippen molar-refractivity contribution in [3.63, 3.8) is 0 Å². The highest BCUT2D eigenvalue weighted by Gasteiger charge is 2.32. The third kappa shape index (κ3) is 4.42. The Hall–Kier alpha value is -2.82. The number of benzene rings is 2. The van der Waals surface area contributed by atoms with Crippen LogP contribution >= 0.6 is 0 Å². The molecule has 0 aliphatic carbocycles. The molecule has 3 N–H and O–H groups in total. The molecule has 0 saturated heterocycles. The Morgan fingerprint density at radius 1 is 1.12 bits per heavy atom. The third-order valence-corrected chi connectivity index (χ3v) is 5.10. The number of hydrogen-bond acceptors (Lipinski definition) is 6. The van der Waals surface area contributed by atoms with Crippen LogP contribution in [0.4, 0.5) is 5.69 Å². The Kier molecular flexibility index (Phi) is 5.70. The first kappa shape index (κ1) is 19.5. The van der Waals surface area contributed by atoms with Gasteiger partial charge in [0.2, 0.25) is 10.0 Å². The fourth-order valence-electron chi connectivity index (χ4n) is 2.21. The lowest BCUT2D eigenvalue weighted by Crippen LogP contribution is -2.40. The fourth-order valence-corrected chi connectivity index (χ4v) is 3.44. The molecule has 0 spiro atoms. The standard InChI is InChI=1S/C16H16N2O7S/c1-10-2-8-13(9-3-10)26(24,25)17-14(15(19)16(20)21)11-4-6-12(7-5-11)18(22)23/h2-9,14-15,17,19H,1H3,(H,20,21)/t14-,15+/m0/s1. The number of nitrogens with zero attached hydrogens (tertiary/aromatic N) is 1. The number of hydrogen-bond donors (Lipinski definition) is 3. The van der Waals surface area contributed by atoms with Crippen LogP contribution in [0.5, 0.6) is 0 Å². The number of nitrogens with one attached hydrogen (secondary N) is 1. The second-order valence-electron chi connectivity index (χ2n) is 5.54. The molecular weight excluding hydrogens is 364 g/mol. The van der Waals surface area contributed by atoms with E-state index in [2.05, 4.69) is 4.72 Å². The Labute approximate surface area is 149 Å². The van der Waals surface area contributed by atoms with Crippen LogP contribution in [0.25, 0.3) is 0 Å². The van der Waals surface area contributed by atoms with Gasteiger partial charge in [-0.05, 0) is 24.6 Å². The maximum absolute atomic E-state index is 12.5. The molecule has 0 radical (unpaired) electrons. The minimum absolute atomic E-state index is 0.0705. The first-order chi connectivity index (χ1) is 12.1. The van der Waals surface area contributed by atoms with Gasteiger partial charge in [-0.2, -0.15) is 0 Å². The molecule has 0 unspecified atom stereocenters. The van der Waals surface area contributed by atoms with Gasteiger partial charge in [-0.15, -0.1) is 0 Å². The van der Waals surface area contributed by atoms with Crippen molar-refractivity contribution in [3.05, 3.63) is 69.8 Å². The number of carboxylic acids is 1. The van der Waals surface area contributed by atoms with Gasteiger partial charge in [0.25, 0.3) is 5.69 Å². The van der Waals surface area contributed by atoms with Crippen molar-refractivity contribution < 1.29 is 28.3 Å². The molecule has 10 heteroatoms. The van der Waals surface area contributed by atoms with Crippen LogP contribution in [0.2, 0.25) is 0 Å². The smallest absolute Gasteiger partial charge is 0.334 e. The number of aliphatic hydroxyl groups excluding tert-OH is 1. The van der Waals surface area contributed by atoms with Crippen LogP contribution in [-0.2, 0) is 14.8 Å². The summed E-state index contributed by atoms with van der Waals surface area (Å²) in [6.07, 6.45) is -2.09. The van der Waals surface area contributed by atoms with Gasteiger partial charge < -0.3 is 10.2 Å². The Morgan fingerprint density at radius 3 is 2.12 bits per heavy atom. The monoisotopic (exact) mass is 380 g/mol. The highest BCUT2D eigenvalue weighted by molar-refractivity contribution is 7.89. The zero-order valence-corrected chi connectivity index (χ0v) is 14.4. The number of aliphatic hydroxyl groups is 1. The summed E-state index contributed by atoms with van der Waals surface area (Å²) < 4.78 is 27.2. The van der Waals surface area contributed by atoms with Gasteiger partial charge in [0.15, 0.2) is 6.10 Å². The second kappa shape index (κ2) is 7.60. The molecule has 9 nitrogen and oxygen atoms in total. The zero-order chi connectivity index (χ0) is 19.5. The minimum Gasteiger partial charge on any atom is -0.479 e. The summed E-state index contributed by atoms with van der Waals surface area (Å²) in [5.41, 5.74) is 0.654. The minimum atomic E-state index is -4.14. The maximum Gasteiger partial charge on any atom is 0.334 e. The van der Waals surface area contributed by atoms with E-state index in [4.69, 9.17) is 5.11 Å². The van der Waals surface area contributed by atoms with Crippen LogP contribution < -0.4 is 4.72 Å². The first-order valence-corrected chi connectivity index (χ1v) is 8.84. The highest BCUT2D eigenvalue weighted by Crippen LogP contribution is 2.23. The van der Waals surface area contributed by atoms with Gasteiger partial charge >= 0.3 is 5.97 Å². The van der Waals surface area contributed by atoms with Crippen molar-refractivity contribution in [3.8, 4) is 0 Å². The average molecular weight is 380 g/mol. The second-order valence-corrected chi connectivity index (χ2v) is 7.26. The fraction of sp³-hybridized carbons (Fsp3) is 0.188. The lowest BCUT2D eigenvalue weighted by molar-refractivity contribution is -0.384. The number of carboxylic acid groups (broad SMARTS) is 1. The van der Waals surface area contributed by atoms with Crippen molar-refractivity contribution in [1.82, 2.24) is 4.72 Å². The van der Waals surface area contributed by atoms with Crippen LogP contribution in [0.1, 0.15) is 17.2 Å². The van der Waals surface area contributed by atoms with E-state index in [0.717, 1.165) is 17.7 Å². The van der Waals surface area contributed by atoms with Crippen molar-refractivity contribution in [2.45, 2.75) is 24.0 Å². The summed E-state index contributed by atoms with van der Waals surface area (Å²) in [5.74, 6) is -1.64. The van der Waals surface area contributed by atoms with Crippen molar-refractivity contribution >= 4 is 21.7 Å². The van der Waals surface area contributed by atoms with E-state index >= 15 is 0 Å². The molecule has 0 aromatic heterocycles. The molecule has 0 heterocycles. The summed E-state index contributed by atoms with van der Waals surface area (Å²) in [6, 6.07) is 8.87. The molecule has 0 aliphatic rings. The average Bonchev–Trinajstić information content (AvgIpc) is 2.59. The lowest BCUT2D eigenvalue weighted by Gasteiger charge is -2.22. The van der Waals surface area contributed by atoms with Crippen LogP contribution in [0.15, 0.2) is 53.4 Å². The summed E-state index contributed by atoms with van der Waals surface area (Å²) in [5, 5.41) is 29.7. The number of aliphatic carboxylic acids is 1. The number of non-ortho nitro benzene ring substituents is 1. The van der Waals surface area contributed by atoms with Gasteiger partial charge in [-0.25, -0.2) is 17.9 Å². The number of nitro groups is 1. The molecule has 2 aromatic rings. The summed E-state index contributed by atoms with van der Waals surface area (Å²) >= 11 is 0. The summed E-state index contributed by atoms with van der Waals surface area (Å²) in [6.45, 7) is 1.78. The van der Waals surface area contributed by atoms with Crippen LogP contribution in [-0.4, -0.2) is 35.6 Å². The molecule has 0 amide bonds. The van der Waals surface area contributed by atoms with Crippen LogP contribution in [0.3, 0.4) is 0 Å². The van der Waals surface area contributed by atoms with E-state index in [1.165, 1.54) is 24.3 Å². The quantitative estimate of drug-likeness (QED) is 0.485. The van der Waals surface area contributed by atoms with E-state index in [-0.39, 0.29) is 16.1 Å². The SMILES string of the molecule is Cc1ccc(S(=O)(=O)N[C@@H](c2ccc([N+](=O)[O-])cc2)[C@@H](O)C(=O)O)cc1. The van der Waals surface area contributed by atoms with Crippen molar-refractivity contribution in [1.29, 1.82) is 0 Å².